The summed E-state index contributed by atoms with van der Waals surface area (Å²) in [6.07, 6.45) is 5.28. The van der Waals surface area contributed by atoms with Crippen LogP contribution < -0.4 is 5.32 Å². The molecule has 1 fully saturated rings. The molecule has 1 saturated carbocycles. The Morgan fingerprint density at radius 1 is 1.58 bits per heavy atom. The van der Waals surface area contributed by atoms with Gasteiger partial charge in [-0.1, -0.05) is 18.0 Å². The van der Waals surface area contributed by atoms with E-state index in [4.69, 9.17) is 11.6 Å². The first-order valence-corrected chi connectivity index (χ1v) is 7.16. The van der Waals surface area contributed by atoms with E-state index in [-0.39, 0.29) is 5.91 Å². The summed E-state index contributed by atoms with van der Waals surface area (Å²) in [6, 6.07) is 1.72. The normalized spacial score (nSPS) is 14.9. The first-order valence-electron chi connectivity index (χ1n) is 6.78. The van der Waals surface area contributed by atoms with Gasteiger partial charge in [0.1, 0.15) is 5.82 Å². The maximum Gasteiger partial charge on any atom is 0.255 e. The van der Waals surface area contributed by atoms with Crippen LogP contribution in [0.1, 0.15) is 36.5 Å². The Kier molecular flexibility index (Phi) is 4.64. The molecule has 2 rings (SSSR count). The van der Waals surface area contributed by atoms with Crippen molar-refractivity contribution in [3.63, 3.8) is 0 Å². The Labute approximate surface area is 119 Å². The number of pyridine rings is 1. The number of nitrogens with zero attached hydrogens (tertiary/aromatic N) is 2. The molecule has 0 aliphatic heterocycles. The summed E-state index contributed by atoms with van der Waals surface area (Å²) in [5.41, 5.74) is 0.530. The van der Waals surface area contributed by atoms with E-state index in [0.717, 1.165) is 6.54 Å². The van der Waals surface area contributed by atoms with Crippen LogP contribution in [0.25, 0.3) is 0 Å². The molecule has 0 aromatic carbocycles. The predicted octanol–water partition coefficient (Wildman–Crippen LogP) is 3.04. The molecule has 0 atom stereocenters. The number of hydrogen-bond acceptors (Lipinski definition) is 3. The largest absolute Gasteiger partial charge is 0.373 e. The van der Waals surface area contributed by atoms with Crippen LogP contribution in [0.4, 0.5) is 5.82 Å². The van der Waals surface area contributed by atoms with Crippen LogP contribution in [0.5, 0.6) is 0 Å². The molecular weight excluding hydrogens is 262 g/mol. The Balaban J connectivity index is 2.15. The molecule has 1 aliphatic rings. The summed E-state index contributed by atoms with van der Waals surface area (Å²) in [7, 11) is 1.77. The van der Waals surface area contributed by atoms with E-state index >= 15 is 0 Å². The summed E-state index contributed by atoms with van der Waals surface area (Å²) in [6.45, 7) is 3.55. The van der Waals surface area contributed by atoms with Crippen molar-refractivity contribution in [3.05, 3.63) is 22.8 Å². The van der Waals surface area contributed by atoms with Crippen molar-refractivity contribution in [3.8, 4) is 0 Å². The number of rotatable bonds is 5. The van der Waals surface area contributed by atoms with Gasteiger partial charge in [-0.25, -0.2) is 4.98 Å². The molecule has 1 aromatic rings. The van der Waals surface area contributed by atoms with Gasteiger partial charge in [-0.15, -0.1) is 0 Å². The van der Waals surface area contributed by atoms with Gasteiger partial charge >= 0.3 is 0 Å². The van der Waals surface area contributed by atoms with Crippen LogP contribution in [0, 0.1) is 5.92 Å². The summed E-state index contributed by atoms with van der Waals surface area (Å²) in [4.78, 5) is 18.5. The van der Waals surface area contributed by atoms with Crippen LogP contribution in [0.3, 0.4) is 0 Å². The molecule has 1 aromatic heterocycles. The summed E-state index contributed by atoms with van der Waals surface area (Å²) < 4.78 is 0. The molecule has 4 nitrogen and oxygen atoms in total. The van der Waals surface area contributed by atoms with Crippen LogP contribution in [-0.2, 0) is 0 Å². The van der Waals surface area contributed by atoms with Crippen molar-refractivity contribution < 1.29 is 4.79 Å². The molecule has 0 saturated heterocycles. The number of nitrogens with one attached hydrogen (secondary N) is 1. The van der Waals surface area contributed by atoms with Crippen molar-refractivity contribution in [1.29, 1.82) is 0 Å². The second kappa shape index (κ2) is 6.24. The van der Waals surface area contributed by atoms with E-state index in [9.17, 15) is 4.79 Å². The van der Waals surface area contributed by atoms with Crippen LogP contribution in [-0.4, -0.2) is 35.9 Å². The molecule has 1 amide bonds. The Morgan fingerprint density at radius 2 is 2.32 bits per heavy atom. The number of hydrogen-bond donors (Lipinski definition) is 1. The van der Waals surface area contributed by atoms with Gasteiger partial charge in [0.15, 0.2) is 0 Å². The number of carbonyl (C=O) groups is 1. The van der Waals surface area contributed by atoms with Crippen LogP contribution in [0.2, 0.25) is 5.02 Å². The lowest BCUT2D eigenvalue weighted by Gasteiger charge is -2.32. The van der Waals surface area contributed by atoms with Gasteiger partial charge in [-0.3, -0.25) is 4.79 Å². The third-order valence-electron chi connectivity index (χ3n) is 3.71. The van der Waals surface area contributed by atoms with Gasteiger partial charge in [0.2, 0.25) is 0 Å². The van der Waals surface area contributed by atoms with E-state index < -0.39 is 0 Å². The molecule has 1 N–H and O–H groups in total. The first kappa shape index (κ1) is 14.1. The lowest BCUT2D eigenvalue weighted by molar-refractivity contribution is 0.0706. The van der Waals surface area contributed by atoms with E-state index in [1.165, 1.54) is 25.5 Å². The summed E-state index contributed by atoms with van der Waals surface area (Å²) in [5, 5.41) is 3.34. The number of amides is 1. The molecule has 5 heteroatoms. The Morgan fingerprint density at radius 3 is 2.84 bits per heavy atom. The quantitative estimate of drug-likeness (QED) is 0.902. The SMILES string of the molecule is CCN(CC1CCC1)C(=O)c1cc(NC)ncc1Cl. The average molecular weight is 282 g/mol. The van der Waals surface area contributed by atoms with E-state index in [2.05, 4.69) is 10.3 Å². The monoisotopic (exact) mass is 281 g/mol. The molecule has 19 heavy (non-hydrogen) atoms. The minimum absolute atomic E-state index is 0.00157. The highest BCUT2D eigenvalue weighted by molar-refractivity contribution is 6.33. The van der Waals surface area contributed by atoms with Crippen LogP contribution >= 0.6 is 11.6 Å². The molecule has 0 unspecified atom stereocenters. The fourth-order valence-electron chi connectivity index (χ4n) is 2.25. The van der Waals surface area contributed by atoms with E-state index in [0.29, 0.717) is 28.9 Å². The van der Waals surface area contributed by atoms with Crippen molar-refractivity contribution in [2.24, 2.45) is 5.92 Å². The van der Waals surface area contributed by atoms with E-state index in [1.807, 2.05) is 11.8 Å². The zero-order chi connectivity index (χ0) is 13.8. The molecule has 0 spiro atoms. The number of carbonyl (C=O) groups excluding carboxylic acids is 1. The average Bonchev–Trinajstić information content (AvgIpc) is 2.38. The van der Waals surface area contributed by atoms with Gasteiger partial charge in [0.05, 0.1) is 10.6 Å². The van der Waals surface area contributed by atoms with Crippen molar-refractivity contribution >= 4 is 23.3 Å². The highest BCUT2D eigenvalue weighted by Gasteiger charge is 2.24. The van der Waals surface area contributed by atoms with Crippen LogP contribution in [0.15, 0.2) is 12.3 Å². The number of aromatic nitrogens is 1. The molecule has 1 aliphatic carbocycles. The lowest BCUT2D eigenvalue weighted by atomic mass is 9.85. The van der Waals surface area contributed by atoms with Gasteiger partial charge in [0, 0.05) is 26.3 Å². The highest BCUT2D eigenvalue weighted by atomic mass is 35.5. The second-order valence-corrected chi connectivity index (χ2v) is 5.35. The lowest BCUT2D eigenvalue weighted by Crippen LogP contribution is -2.37. The maximum atomic E-state index is 12.5. The van der Waals surface area contributed by atoms with Gasteiger partial charge in [-0.05, 0) is 31.7 Å². The smallest absolute Gasteiger partial charge is 0.255 e. The third-order valence-corrected chi connectivity index (χ3v) is 4.02. The predicted molar refractivity (Wildman–Crippen MR) is 77.7 cm³/mol. The molecule has 1 heterocycles. The van der Waals surface area contributed by atoms with Gasteiger partial charge in [0.25, 0.3) is 5.91 Å². The second-order valence-electron chi connectivity index (χ2n) is 4.94. The fourth-order valence-corrected chi connectivity index (χ4v) is 2.44. The van der Waals surface area contributed by atoms with E-state index in [1.54, 1.807) is 13.1 Å². The Hall–Kier alpha value is -1.29. The summed E-state index contributed by atoms with van der Waals surface area (Å²) >= 11 is 6.10. The summed E-state index contributed by atoms with van der Waals surface area (Å²) in [5.74, 6) is 1.32. The first-order chi connectivity index (χ1) is 9.15. The minimum Gasteiger partial charge on any atom is -0.373 e. The van der Waals surface area contributed by atoms with Crippen molar-refractivity contribution in [2.75, 3.05) is 25.5 Å². The molecule has 104 valence electrons. The van der Waals surface area contributed by atoms with Gasteiger partial charge < -0.3 is 10.2 Å². The fraction of sp³-hybridized carbons (Fsp3) is 0.571. The third kappa shape index (κ3) is 3.18. The number of anilines is 1. The Bertz CT molecular complexity index is 460. The molecule has 0 bridgehead atoms. The van der Waals surface area contributed by atoms with Gasteiger partial charge in [-0.2, -0.15) is 0 Å². The molecule has 0 radical (unpaired) electrons. The zero-order valence-electron chi connectivity index (χ0n) is 11.4. The highest BCUT2D eigenvalue weighted by Crippen LogP contribution is 2.28. The number of halogens is 1. The standard InChI is InChI=1S/C14H20ClN3O/c1-3-18(9-10-5-4-6-10)14(19)11-7-13(16-2)17-8-12(11)15/h7-8,10H,3-6,9H2,1-2H3,(H,16,17). The van der Waals surface area contributed by atoms with Crippen molar-refractivity contribution in [2.45, 2.75) is 26.2 Å². The topological polar surface area (TPSA) is 45.2 Å². The van der Waals surface area contributed by atoms with Crippen molar-refractivity contribution in [1.82, 2.24) is 9.88 Å². The zero-order valence-corrected chi connectivity index (χ0v) is 12.2. The maximum absolute atomic E-state index is 12.5. The molecular formula is C14H20ClN3O. The minimum atomic E-state index is -0.00157.